The van der Waals surface area contributed by atoms with Crippen molar-refractivity contribution < 1.29 is 28.5 Å². The number of hydrogen-bond donors (Lipinski definition) is 0. The van der Waals surface area contributed by atoms with Crippen LogP contribution in [0.25, 0.3) is 0 Å². The fourth-order valence-corrected chi connectivity index (χ4v) is 0.924. The molecule has 0 radical (unpaired) electrons. The van der Waals surface area contributed by atoms with Gasteiger partial charge >= 0.3 is 6.16 Å². The summed E-state index contributed by atoms with van der Waals surface area (Å²) in [4.78, 5) is 10.0. The van der Waals surface area contributed by atoms with Crippen LogP contribution in [0.15, 0.2) is 0 Å². The van der Waals surface area contributed by atoms with Crippen LogP contribution in [0.1, 0.15) is 13.8 Å². The molecule has 1 rings (SSSR count). The quantitative estimate of drug-likeness (QED) is 0.500. The van der Waals surface area contributed by atoms with Crippen molar-refractivity contribution in [2.24, 2.45) is 0 Å². The maximum atomic E-state index is 10.0. The van der Waals surface area contributed by atoms with Gasteiger partial charge in [-0.1, -0.05) is 0 Å². The highest BCUT2D eigenvalue weighted by molar-refractivity contribution is 5.61. The van der Waals surface area contributed by atoms with E-state index in [1.807, 2.05) is 6.92 Å². The summed E-state index contributed by atoms with van der Waals surface area (Å²) in [5.74, 6) is 0. The van der Waals surface area contributed by atoms with E-state index in [9.17, 15) is 4.79 Å². The van der Waals surface area contributed by atoms with E-state index in [0.29, 0.717) is 33.0 Å². The van der Waals surface area contributed by atoms with Crippen molar-refractivity contribution in [2.45, 2.75) is 20.0 Å². The standard InChI is InChI=1S/C7H16O3.C4H6O3/c1-3-9-6-7-10-5-4-8-2;1-3-2-6-4(5)7-3/h3-7H2,1-2H3;3H,2H2,1H3. The normalized spacial score (nSPS) is 18.1. The average molecular weight is 250 g/mol. The maximum Gasteiger partial charge on any atom is 0.508 e. The largest absolute Gasteiger partial charge is 0.508 e. The number of carbonyl (C=O) groups is 1. The molecule has 1 aliphatic heterocycles. The molecule has 1 unspecified atom stereocenters. The van der Waals surface area contributed by atoms with Gasteiger partial charge in [0.2, 0.25) is 0 Å². The summed E-state index contributed by atoms with van der Waals surface area (Å²) in [5.41, 5.74) is 0. The minimum Gasteiger partial charge on any atom is -0.430 e. The van der Waals surface area contributed by atoms with Crippen LogP contribution < -0.4 is 0 Å². The van der Waals surface area contributed by atoms with Crippen LogP contribution in [0.5, 0.6) is 0 Å². The lowest BCUT2D eigenvalue weighted by molar-refractivity contribution is 0.0280. The van der Waals surface area contributed by atoms with Gasteiger partial charge in [-0.15, -0.1) is 0 Å². The van der Waals surface area contributed by atoms with Crippen molar-refractivity contribution in [1.29, 1.82) is 0 Å². The van der Waals surface area contributed by atoms with Gasteiger partial charge < -0.3 is 23.7 Å². The molecule has 6 nitrogen and oxygen atoms in total. The predicted octanol–water partition coefficient (Wildman–Crippen LogP) is 1.23. The van der Waals surface area contributed by atoms with Gasteiger partial charge in [0.15, 0.2) is 0 Å². The Morgan fingerprint density at radius 3 is 2.29 bits per heavy atom. The number of ether oxygens (including phenoxy) is 5. The number of methoxy groups -OCH3 is 1. The van der Waals surface area contributed by atoms with Crippen LogP contribution in [0.2, 0.25) is 0 Å². The molecule has 17 heavy (non-hydrogen) atoms. The van der Waals surface area contributed by atoms with Crippen LogP contribution in [0, 0.1) is 0 Å². The summed E-state index contributed by atoms with van der Waals surface area (Å²) in [6.45, 7) is 7.57. The fourth-order valence-electron chi connectivity index (χ4n) is 0.924. The fraction of sp³-hybridized carbons (Fsp3) is 0.909. The lowest BCUT2D eigenvalue weighted by Crippen LogP contribution is -2.07. The van der Waals surface area contributed by atoms with Crippen molar-refractivity contribution in [3.8, 4) is 0 Å². The van der Waals surface area contributed by atoms with Crippen molar-refractivity contribution in [3.63, 3.8) is 0 Å². The lowest BCUT2D eigenvalue weighted by atomic mass is 10.5. The van der Waals surface area contributed by atoms with Gasteiger partial charge in [0.1, 0.15) is 12.7 Å². The van der Waals surface area contributed by atoms with Crippen molar-refractivity contribution in [1.82, 2.24) is 0 Å². The van der Waals surface area contributed by atoms with E-state index in [4.69, 9.17) is 14.2 Å². The van der Waals surface area contributed by atoms with E-state index in [1.165, 1.54) is 0 Å². The third kappa shape index (κ3) is 11.4. The van der Waals surface area contributed by atoms with Crippen molar-refractivity contribution in [3.05, 3.63) is 0 Å². The number of rotatable bonds is 7. The second kappa shape index (κ2) is 11.6. The minimum absolute atomic E-state index is 0.0486. The topological polar surface area (TPSA) is 63.2 Å². The Morgan fingerprint density at radius 2 is 1.88 bits per heavy atom. The van der Waals surface area contributed by atoms with E-state index in [1.54, 1.807) is 14.0 Å². The smallest absolute Gasteiger partial charge is 0.430 e. The summed E-state index contributed by atoms with van der Waals surface area (Å²) in [6, 6.07) is 0. The predicted molar refractivity (Wildman–Crippen MR) is 61.1 cm³/mol. The third-order valence-corrected chi connectivity index (χ3v) is 1.74. The molecule has 6 heteroatoms. The van der Waals surface area contributed by atoms with Gasteiger partial charge in [-0.3, -0.25) is 0 Å². The van der Waals surface area contributed by atoms with Crippen LogP contribution in [0.3, 0.4) is 0 Å². The summed E-state index contributed by atoms with van der Waals surface area (Å²) >= 11 is 0. The lowest BCUT2D eigenvalue weighted by Gasteiger charge is -2.02. The van der Waals surface area contributed by atoms with Gasteiger partial charge in [0.25, 0.3) is 0 Å². The number of hydrogen-bond acceptors (Lipinski definition) is 6. The monoisotopic (exact) mass is 250 g/mol. The molecule has 0 spiro atoms. The maximum absolute atomic E-state index is 10.0. The molecule has 0 N–H and O–H groups in total. The second-order valence-electron chi connectivity index (χ2n) is 3.29. The molecule has 0 bridgehead atoms. The highest BCUT2D eigenvalue weighted by Crippen LogP contribution is 2.02. The molecule has 0 saturated carbocycles. The minimum atomic E-state index is -0.549. The molecular weight excluding hydrogens is 228 g/mol. The van der Waals surface area contributed by atoms with Crippen LogP contribution >= 0.6 is 0 Å². The van der Waals surface area contributed by atoms with Gasteiger partial charge in [-0.2, -0.15) is 0 Å². The molecule has 1 aliphatic rings. The van der Waals surface area contributed by atoms with Crippen molar-refractivity contribution in [2.75, 3.05) is 46.8 Å². The molecule has 1 fully saturated rings. The van der Waals surface area contributed by atoms with E-state index in [2.05, 4.69) is 9.47 Å². The first kappa shape index (κ1) is 16.1. The van der Waals surface area contributed by atoms with E-state index in [-0.39, 0.29) is 6.10 Å². The molecule has 1 atom stereocenters. The first-order chi connectivity index (χ1) is 8.20. The van der Waals surface area contributed by atoms with Gasteiger partial charge in [-0.25, -0.2) is 4.79 Å². The molecular formula is C11H22O6. The Bertz CT molecular complexity index is 177. The van der Waals surface area contributed by atoms with Crippen LogP contribution in [-0.2, 0) is 23.7 Å². The summed E-state index contributed by atoms with van der Waals surface area (Å²) in [7, 11) is 1.66. The highest BCUT2D eigenvalue weighted by atomic mass is 16.8. The second-order valence-corrected chi connectivity index (χ2v) is 3.29. The van der Waals surface area contributed by atoms with Crippen molar-refractivity contribution >= 4 is 6.16 Å². The highest BCUT2D eigenvalue weighted by Gasteiger charge is 2.19. The molecule has 0 aliphatic carbocycles. The summed E-state index contributed by atoms with van der Waals surface area (Å²) < 4.78 is 23.9. The van der Waals surface area contributed by atoms with E-state index < -0.39 is 6.16 Å². The molecule has 0 aromatic rings. The first-order valence-electron chi connectivity index (χ1n) is 5.68. The Balaban J connectivity index is 0.000000318. The van der Waals surface area contributed by atoms with Crippen LogP contribution in [-0.4, -0.2) is 59.0 Å². The molecule has 1 heterocycles. The first-order valence-corrected chi connectivity index (χ1v) is 5.68. The summed E-state index contributed by atoms with van der Waals surface area (Å²) in [6.07, 6.45) is -0.597. The summed E-state index contributed by atoms with van der Waals surface area (Å²) in [5, 5.41) is 0. The zero-order valence-corrected chi connectivity index (χ0v) is 10.8. The van der Waals surface area contributed by atoms with E-state index in [0.717, 1.165) is 6.61 Å². The Kier molecular flexibility index (Phi) is 11.0. The van der Waals surface area contributed by atoms with Gasteiger partial charge in [-0.05, 0) is 13.8 Å². The average Bonchev–Trinajstić information content (AvgIpc) is 2.68. The zero-order chi connectivity index (χ0) is 12.9. The number of cyclic esters (lactones) is 2. The number of carbonyl (C=O) groups excluding carboxylic acids is 1. The molecule has 102 valence electrons. The Morgan fingerprint density at radius 1 is 1.24 bits per heavy atom. The van der Waals surface area contributed by atoms with E-state index >= 15 is 0 Å². The zero-order valence-electron chi connectivity index (χ0n) is 10.8. The molecule has 0 aromatic carbocycles. The molecule has 0 amide bonds. The third-order valence-electron chi connectivity index (χ3n) is 1.74. The Labute approximate surface area is 102 Å². The Hall–Kier alpha value is -0.850. The van der Waals surface area contributed by atoms with Gasteiger partial charge in [0.05, 0.1) is 26.4 Å². The SMILES string of the molecule is CC1COC(=O)O1.CCOCCOCCOC. The molecule has 1 saturated heterocycles. The van der Waals surface area contributed by atoms with Gasteiger partial charge in [0, 0.05) is 13.7 Å². The van der Waals surface area contributed by atoms with Crippen LogP contribution in [0.4, 0.5) is 4.79 Å². The molecule has 0 aromatic heterocycles.